The Morgan fingerprint density at radius 2 is 2.27 bits per heavy atom. The zero-order valence-corrected chi connectivity index (χ0v) is 13.2. The van der Waals surface area contributed by atoms with Gasteiger partial charge < -0.3 is 11.1 Å². The molecule has 0 saturated heterocycles. The van der Waals surface area contributed by atoms with Crippen LogP contribution in [0.2, 0.25) is 10.0 Å². The van der Waals surface area contributed by atoms with E-state index in [0.717, 1.165) is 24.0 Å². The van der Waals surface area contributed by atoms with Crippen LogP contribution in [0, 0.1) is 0 Å². The Labute approximate surface area is 137 Å². The molecule has 2 aromatic rings. The van der Waals surface area contributed by atoms with Crippen molar-refractivity contribution in [3.05, 3.63) is 45.2 Å². The van der Waals surface area contributed by atoms with E-state index < -0.39 is 0 Å². The van der Waals surface area contributed by atoms with Crippen LogP contribution in [0.3, 0.4) is 0 Å². The van der Waals surface area contributed by atoms with Crippen LogP contribution in [0.4, 0.5) is 0 Å². The van der Waals surface area contributed by atoms with Crippen molar-refractivity contribution in [1.29, 1.82) is 0 Å². The molecule has 1 aliphatic rings. The monoisotopic (exact) mass is 339 g/mol. The molecule has 8 heteroatoms. The second-order valence-corrected chi connectivity index (χ2v) is 5.93. The van der Waals surface area contributed by atoms with Crippen molar-refractivity contribution in [3.63, 3.8) is 0 Å². The number of halogens is 2. The minimum absolute atomic E-state index is 0.0862. The average molecular weight is 340 g/mol. The third-order valence-corrected chi connectivity index (χ3v) is 4.57. The Balaban J connectivity index is 1.75. The third-order valence-electron chi connectivity index (χ3n) is 3.73. The molecule has 3 N–H and O–H groups in total. The molecule has 1 heterocycles. The fourth-order valence-electron chi connectivity index (χ4n) is 2.66. The maximum Gasteiger partial charge on any atom is 0.273 e. The number of nitrogens with two attached hydrogens (primary N) is 1. The number of benzene rings is 1. The van der Waals surface area contributed by atoms with Crippen LogP contribution in [0.5, 0.6) is 0 Å². The molecule has 0 unspecified atom stereocenters. The Kier molecular flexibility index (Phi) is 4.33. The Morgan fingerprint density at radius 3 is 3.05 bits per heavy atom. The van der Waals surface area contributed by atoms with Crippen LogP contribution in [0.1, 0.15) is 34.1 Å². The first-order chi connectivity index (χ1) is 10.6. The molecule has 0 fully saturated rings. The molecule has 22 heavy (non-hydrogen) atoms. The number of nitrogens with zero attached hydrogens (tertiary/aromatic N) is 3. The van der Waals surface area contributed by atoms with Crippen LogP contribution in [-0.4, -0.2) is 27.4 Å². The van der Waals surface area contributed by atoms with E-state index in [4.69, 9.17) is 28.9 Å². The summed E-state index contributed by atoms with van der Waals surface area (Å²) in [6, 6.07) is 3.58. The molecular formula is C14H15Cl2N5O. The van der Waals surface area contributed by atoms with E-state index in [2.05, 4.69) is 15.6 Å². The molecule has 1 aromatic heterocycles. The molecule has 0 aliphatic heterocycles. The average Bonchev–Trinajstić information content (AvgIpc) is 3.11. The van der Waals surface area contributed by atoms with Crippen molar-refractivity contribution < 1.29 is 4.79 Å². The molecule has 1 aliphatic carbocycles. The van der Waals surface area contributed by atoms with Gasteiger partial charge in [-0.1, -0.05) is 34.5 Å². The number of nitrogens with one attached hydrogen (secondary N) is 1. The summed E-state index contributed by atoms with van der Waals surface area (Å²) in [5.74, 6) is -0.257. The number of amides is 1. The summed E-state index contributed by atoms with van der Waals surface area (Å²) in [5, 5.41) is 11.8. The Bertz CT molecular complexity index is 715. The van der Waals surface area contributed by atoms with Crippen molar-refractivity contribution in [2.75, 3.05) is 6.54 Å². The number of fused-ring (bicyclic) bond motifs is 1. The van der Waals surface area contributed by atoms with Crippen LogP contribution >= 0.6 is 23.2 Å². The molecule has 6 nitrogen and oxygen atoms in total. The number of carbonyl (C=O) groups is 1. The molecule has 3 rings (SSSR count). The SMILES string of the molecule is NCCn1cc(C(=O)N[C@H]2CCc3c2ccc(Cl)c3Cl)nn1. The minimum atomic E-state index is -0.257. The summed E-state index contributed by atoms with van der Waals surface area (Å²) in [7, 11) is 0. The second kappa shape index (κ2) is 6.24. The highest BCUT2D eigenvalue weighted by Gasteiger charge is 2.27. The molecule has 0 saturated carbocycles. The fraction of sp³-hybridized carbons (Fsp3) is 0.357. The summed E-state index contributed by atoms with van der Waals surface area (Å²) >= 11 is 12.2. The summed E-state index contributed by atoms with van der Waals surface area (Å²) in [6.07, 6.45) is 3.17. The molecule has 116 valence electrons. The largest absolute Gasteiger partial charge is 0.344 e. The summed E-state index contributed by atoms with van der Waals surface area (Å²) in [4.78, 5) is 12.3. The predicted molar refractivity (Wildman–Crippen MR) is 84.1 cm³/mol. The van der Waals surface area contributed by atoms with E-state index in [0.29, 0.717) is 23.1 Å². The van der Waals surface area contributed by atoms with Gasteiger partial charge in [0.1, 0.15) is 0 Å². The van der Waals surface area contributed by atoms with Gasteiger partial charge in [-0.2, -0.15) is 0 Å². The highest BCUT2D eigenvalue weighted by molar-refractivity contribution is 6.42. The van der Waals surface area contributed by atoms with E-state index in [9.17, 15) is 4.79 Å². The van der Waals surface area contributed by atoms with Crippen molar-refractivity contribution in [2.45, 2.75) is 25.4 Å². The summed E-state index contributed by atoms with van der Waals surface area (Å²) in [6.45, 7) is 0.973. The van der Waals surface area contributed by atoms with Crippen LogP contribution < -0.4 is 11.1 Å². The second-order valence-electron chi connectivity index (χ2n) is 5.15. The lowest BCUT2D eigenvalue weighted by Crippen LogP contribution is -2.27. The normalized spacial score (nSPS) is 16.6. The number of rotatable bonds is 4. The van der Waals surface area contributed by atoms with Crippen molar-refractivity contribution in [3.8, 4) is 0 Å². The molecule has 1 amide bonds. The summed E-state index contributed by atoms with van der Waals surface area (Å²) < 4.78 is 1.55. The summed E-state index contributed by atoms with van der Waals surface area (Å²) in [5.41, 5.74) is 7.74. The quantitative estimate of drug-likeness (QED) is 0.891. The number of hydrogen-bond donors (Lipinski definition) is 2. The first kappa shape index (κ1) is 15.3. The molecule has 0 radical (unpaired) electrons. The van der Waals surface area contributed by atoms with E-state index >= 15 is 0 Å². The van der Waals surface area contributed by atoms with Gasteiger partial charge in [0, 0.05) is 6.54 Å². The van der Waals surface area contributed by atoms with Crippen LogP contribution in [-0.2, 0) is 13.0 Å². The number of aromatic nitrogens is 3. The maximum absolute atomic E-state index is 12.3. The maximum atomic E-state index is 12.3. The fourth-order valence-corrected chi connectivity index (χ4v) is 3.10. The highest BCUT2D eigenvalue weighted by Crippen LogP contribution is 2.39. The lowest BCUT2D eigenvalue weighted by molar-refractivity contribution is 0.0931. The lowest BCUT2D eigenvalue weighted by atomic mass is 10.1. The Hall–Kier alpha value is -1.63. The van der Waals surface area contributed by atoms with Gasteiger partial charge in [-0.25, -0.2) is 0 Å². The van der Waals surface area contributed by atoms with Gasteiger partial charge in [-0.15, -0.1) is 5.10 Å². The molecule has 1 atom stereocenters. The topological polar surface area (TPSA) is 85.8 Å². The van der Waals surface area contributed by atoms with E-state index in [1.165, 1.54) is 0 Å². The standard InChI is InChI=1S/C14H15Cl2N5O/c15-10-3-1-8-9(13(10)16)2-4-11(8)18-14(22)12-7-21(6-5-17)20-19-12/h1,3,7,11H,2,4-6,17H2,(H,18,22)/t11-/m0/s1. The zero-order valence-electron chi connectivity index (χ0n) is 11.7. The van der Waals surface area contributed by atoms with E-state index in [-0.39, 0.29) is 17.6 Å². The third kappa shape index (κ3) is 2.82. The van der Waals surface area contributed by atoms with Crippen molar-refractivity contribution in [1.82, 2.24) is 20.3 Å². The molecule has 0 spiro atoms. The van der Waals surface area contributed by atoms with Crippen molar-refractivity contribution >= 4 is 29.1 Å². The van der Waals surface area contributed by atoms with Gasteiger partial charge >= 0.3 is 0 Å². The first-order valence-electron chi connectivity index (χ1n) is 6.98. The first-order valence-corrected chi connectivity index (χ1v) is 7.73. The predicted octanol–water partition coefficient (Wildman–Crippen LogP) is 1.96. The Morgan fingerprint density at radius 1 is 1.45 bits per heavy atom. The van der Waals surface area contributed by atoms with Gasteiger partial charge in [-0.05, 0) is 30.0 Å². The van der Waals surface area contributed by atoms with Gasteiger partial charge in [0.2, 0.25) is 0 Å². The van der Waals surface area contributed by atoms with Gasteiger partial charge in [-0.3, -0.25) is 9.48 Å². The van der Waals surface area contributed by atoms with E-state index in [1.54, 1.807) is 16.9 Å². The number of hydrogen-bond acceptors (Lipinski definition) is 4. The zero-order chi connectivity index (χ0) is 15.7. The smallest absolute Gasteiger partial charge is 0.273 e. The highest BCUT2D eigenvalue weighted by atomic mass is 35.5. The van der Waals surface area contributed by atoms with Crippen LogP contribution in [0.15, 0.2) is 18.3 Å². The van der Waals surface area contributed by atoms with Gasteiger partial charge in [0.25, 0.3) is 5.91 Å². The van der Waals surface area contributed by atoms with Gasteiger partial charge in [0.05, 0.1) is 28.8 Å². The van der Waals surface area contributed by atoms with Gasteiger partial charge in [0.15, 0.2) is 5.69 Å². The lowest BCUT2D eigenvalue weighted by Gasteiger charge is -2.13. The van der Waals surface area contributed by atoms with E-state index in [1.807, 2.05) is 6.07 Å². The minimum Gasteiger partial charge on any atom is -0.344 e. The molecule has 1 aromatic carbocycles. The molecule has 0 bridgehead atoms. The van der Waals surface area contributed by atoms with Crippen molar-refractivity contribution in [2.24, 2.45) is 5.73 Å². The number of carbonyl (C=O) groups excluding carboxylic acids is 1. The molecular weight excluding hydrogens is 325 g/mol. The van der Waals surface area contributed by atoms with Crippen LogP contribution in [0.25, 0.3) is 0 Å².